The van der Waals surface area contributed by atoms with Crippen LogP contribution in [0.25, 0.3) is 0 Å². The average Bonchev–Trinajstić information content (AvgIpc) is 2.76. The number of carbonyl (C=O) groups excluding carboxylic acids is 1. The van der Waals surface area contributed by atoms with Crippen LogP contribution < -0.4 is 5.73 Å². The molecule has 16 heavy (non-hydrogen) atoms. The van der Waals surface area contributed by atoms with Crippen molar-refractivity contribution in [3.63, 3.8) is 0 Å². The second kappa shape index (κ2) is 5.09. The van der Waals surface area contributed by atoms with Gasteiger partial charge in [-0.25, -0.2) is 4.98 Å². The number of imidazole rings is 1. The summed E-state index contributed by atoms with van der Waals surface area (Å²) in [5, 5.41) is 0. The first-order valence-corrected chi connectivity index (χ1v) is 5.38. The summed E-state index contributed by atoms with van der Waals surface area (Å²) >= 11 is 0. The second-order valence-corrected chi connectivity index (χ2v) is 3.76. The van der Waals surface area contributed by atoms with E-state index in [9.17, 15) is 4.79 Å². The van der Waals surface area contributed by atoms with Crippen LogP contribution in [0.15, 0.2) is 12.4 Å². The highest BCUT2D eigenvalue weighted by molar-refractivity contribution is 5.89. The highest BCUT2D eigenvalue weighted by Gasteiger charge is 2.12. The van der Waals surface area contributed by atoms with Gasteiger partial charge < -0.3 is 15.0 Å². The third-order valence-electron chi connectivity index (χ3n) is 2.70. The van der Waals surface area contributed by atoms with Crippen molar-refractivity contribution in [2.24, 2.45) is 5.73 Å². The van der Waals surface area contributed by atoms with Gasteiger partial charge in [0.1, 0.15) is 0 Å². The monoisotopic (exact) mass is 224 g/mol. The average molecular weight is 224 g/mol. The van der Waals surface area contributed by atoms with E-state index in [0.717, 1.165) is 39.4 Å². The summed E-state index contributed by atoms with van der Waals surface area (Å²) in [5.74, 6) is -0.153. The number of rotatable bonds is 4. The van der Waals surface area contributed by atoms with E-state index >= 15 is 0 Å². The lowest BCUT2D eigenvalue weighted by Crippen LogP contribution is -2.38. The predicted octanol–water partition coefficient (Wildman–Crippen LogP) is -0.686. The van der Waals surface area contributed by atoms with Crippen molar-refractivity contribution in [3.05, 3.63) is 18.2 Å². The highest BCUT2D eigenvalue weighted by Crippen LogP contribution is 2.00. The van der Waals surface area contributed by atoms with E-state index in [4.69, 9.17) is 10.5 Å². The lowest BCUT2D eigenvalue weighted by molar-refractivity contribution is 0.0363. The summed E-state index contributed by atoms with van der Waals surface area (Å²) < 4.78 is 7.05. The van der Waals surface area contributed by atoms with Gasteiger partial charge in [0.2, 0.25) is 0 Å². The third-order valence-corrected chi connectivity index (χ3v) is 2.70. The van der Waals surface area contributed by atoms with Crippen molar-refractivity contribution >= 4 is 5.91 Å². The zero-order valence-corrected chi connectivity index (χ0v) is 9.13. The molecule has 2 rings (SSSR count). The summed E-state index contributed by atoms with van der Waals surface area (Å²) in [6, 6.07) is 0. The van der Waals surface area contributed by atoms with Crippen molar-refractivity contribution in [1.82, 2.24) is 14.5 Å². The number of aromatic nitrogens is 2. The van der Waals surface area contributed by atoms with Crippen molar-refractivity contribution in [3.8, 4) is 0 Å². The van der Waals surface area contributed by atoms with Crippen molar-refractivity contribution in [2.45, 2.75) is 6.54 Å². The van der Waals surface area contributed by atoms with Crippen LogP contribution in [0.1, 0.15) is 10.6 Å². The van der Waals surface area contributed by atoms with Crippen LogP contribution in [-0.2, 0) is 11.3 Å². The van der Waals surface area contributed by atoms with Gasteiger partial charge in [-0.05, 0) is 0 Å². The van der Waals surface area contributed by atoms with E-state index in [1.165, 1.54) is 0 Å². The lowest BCUT2D eigenvalue weighted by Gasteiger charge is -2.26. The lowest BCUT2D eigenvalue weighted by atomic mass is 10.4. The summed E-state index contributed by atoms with van der Waals surface area (Å²) in [6.07, 6.45) is 3.37. The Bertz CT molecular complexity index is 357. The zero-order valence-electron chi connectivity index (χ0n) is 9.13. The van der Waals surface area contributed by atoms with E-state index in [2.05, 4.69) is 9.88 Å². The number of morpholine rings is 1. The Morgan fingerprint density at radius 1 is 1.44 bits per heavy atom. The molecule has 0 aliphatic carbocycles. The first-order valence-electron chi connectivity index (χ1n) is 5.38. The molecular formula is C10H16N4O2. The van der Waals surface area contributed by atoms with Gasteiger partial charge in [0.05, 0.1) is 13.2 Å². The van der Waals surface area contributed by atoms with Gasteiger partial charge in [-0.1, -0.05) is 0 Å². The van der Waals surface area contributed by atoms with E-state index in [0.29, 0.717) is 5.82 Å². The van der Waals surface area contributed by atoms with Gasteiger partial charge >= 0.3 is 0 Å². The third kappa shape index (κ3) is 2.59. The fourth-order valence-corrected chi connectivity index (χ4v) is 1.79. The van der Waals surface area contributed by atoms with Crippen molar-refractivity contribution < 1.29 is 9.53 Å². The smallest absolute Gasteiger partial charge is 0.284 e. The number of nitrogens with two attached hydrogens (primary N) is 1. The number of carbonyl (C=O) groups is 1. The Kier molecular flexibility index (Phi) is 3.53. The van der Waals surface area contributed by atoms with Gasteiger partial charge in [0.25, 0.3) is 5.91 Å². The largest absolute Gasteiger partial charge is 0.379 e. The second-order valence-electron chi connectivity index (χ2n) is 3.76. The molecule has 0 saturated carbocycles. The Morgan fingerprint density at radius 3 is 2.88 bits per heavy atom. The molecule has 1 aromatic heterocycles. The molecule has 0 bridgehead atoms. The molecule has 0 atom stereocenters. The minimum Gasteiger partial charge on any atom is -0.379 e. The molecule has 1 fully saturated rings. The maximum absolute atomic E-state index is 11.0. The maximum atomic E-state index is 11.0. The molecule has 1 aliphatic heterocycles. The Hall–Kier alpha value is -1.40. The van der Waals surface area contributed by atoms with E-state index < -0.39 is 5.91 Å². The number of hydrogen-bond acceptors (Lipinski definition) is 4. The van der Waals surface area contributed by atoms with Crippen LogP contribution in [0, 0.1) is 0 Å². The normalized spacial score (nSPS) is 17.5. The van der Waals surface area contributed by atoms with Gasteiger partial charge in [-0.3, -0.25) is 9.69 Å². The Balaban J connectivity index is 1.88. The fraction of sp³-hybridized carbons (Fsp3) is 0.600. The van der Waals surface area contributed by atoms with E-state index in [1.807, 2.05) is 0 Å². The van der Waals surface area contributed by atoms with E-state index in [-0.39, 0.29) is 0 Å². The fourth-order valence-electron chi connectivity index (χ4n) is 1.79. The van der Waals surface area contributed by atoms with Gasteiger partial charge in [0.15, 0.2) is 5.82 Å². The predicted molar refractivity (Wildman–Crippen MR) is 58.0 cm³/mol. The van der Waals surface area contributed by atoms with Crippen LogP contribution in [0.3, 0.4) is 0 Å². The Morgan fingerprint density at radius 2 is 2.19 bits per heavy atom. The molecule has 6 heteroatoms. The summed E-state index contributed by atoms with van der Waals surface area (Å²) in [5.41, 5.74) is 5.21. The first-order chi connectivity index (χ1) is 7.77. The van der Waals surface area contributed by atoms with Crippen LogP contribution in [-0.4, -0.2) is 53.2 Å². The molecule has 0 unspecified atom stereocenters. The molecule has 1 aliphatic rings. The van der Waals surface area contributed by atoms with Crippen LogP contribution in [0.2, 0.25) is 0 Å². The van der Waals surface area contributed by atoms with E-state index in [1.54, 1.807) is 17.0 Å². The van der Waals surface area contributed by atoms with Crippen LogP contribution in [0.5, 0.6) is 0 Å². The van der Waals surface area contributed by atoms with Crippen molar-refractivity contribution in [1.29, 1.82) is 0 Å². The molecule has 1 saturated heterocycles. The number of amides is 1. The molecule has 6 nitrogen and oxygen atoms in total. The Labute approximate surface area is 94.0 Å². The highest BCUT2D eigenvalue weighted by atomic mass is 16.5. The molecule has 1 aromatic rings. The van der Waals surface area contributed by atoms with Gasteiger partial charge in [-0.2, -0.15) is 0 Å². The van der Waals surface area contributed by atoms with Crippen LogP contribution >= 0.6 is 0 Å². The minimum atomic E-state index is -0.480. The maximum Gasteiger partial charge on any atom is 0.284 e. The topological polar surface area (TPSA) is 73.4 Å². The molecule has 2 heterocycles. The number of hydrogen-bond donors (Lipinski definition) is 1. The van der Waals surface area contributed by atoms with Crippen molar-refractivity contribution in [2.75, 3.05) is 32.8 Å². The van der Waals surface area contributed by atoms with Crippen LogP contribution in [0.4, 0.5) is 0 Å². The quantitative estimate of drug-likeness (QED) is 0.735. The minimum absolute atomic E-state index is 0.327. The molecule has 1 amide bonds. The zero-order chi connectivity index (χ0) is 11.4. The summed E-state index contributed by atoms with van der Waals surface area (Å²) in [7, 11) is 0. The number of nitrogens with zero attached hydrogens (tertiary/aromatic N) is 3. The summed E-state index contributed by atoms with van der Waals surface area (Å²) in [6.45, 7) is 5.08. The number of ether oxygens (including phenoxy) is 1. The molecular weight excluding hydrogens is 208 g/mol. The molecule has 0 radical (unpaired) electrons. The molecule has 88 valence electrons. The van der Waals surface area contributed by atoms with Gasteiger partial charge in [0, 0.05) is 38.6 Å². The SMILES string of the molecule is NC(=O)c1nccn1CCN1CCOCC1. The standard InChI is InChI=1S/C10H16N4O2/c11-9(15)10-12-1-2-14(10)4-3-13-5-7-16-8-6-13/h1-2H,3-8H2,(H2,11,15). The molecule has 0 aromatic carbocycles. The first kappa shape index (κ1) is 11.1. The molecule has 0 spiro atoms. The number of primary amides is 1. The molecule has 2 N–H and O–H groups in total. The summed E-state index contributed by atoms with van der Waals surface area (Å²) in [4.78, 5) is 17.3. The van der Waals surface area contributed by atoms with Gasteiger partial charge in [-0.15, -0.1) is 0 Å².